The van der Waals surface area contributed by atoms with Crippen LogP contribution in [0.3, 0.4) is 0 Å². The molecule has 0 aliphatic heterocycles. The highest BCUT2D eigenvalue weighted by Crippen LogP contribution is 2.22. The molecule has 1 N–H and O–H groups in total. The van der Waals surface area contributed by atoms with Gasteiger partial charge in [-0.25, -0.2) is 22.1 Å². The van der Waals surface area contributed by atoms with E-state index in [4.69, 9.17) is 0 Å². The number of carbonyl (C=O) groups is 1. The first-order valence-corrected chi connectivity index (χ1v) is 10.5. The molecule has 0 fully saturated rings. The van der Waals surface area contributed by atoms with Crippen molar-refractivity contribution in [3.8, 4) is 0 Å². The molecule has 0 bridgehead atoms. The van der Waals surface area contributed by atoms with E-state index in [2.05, 4.69) is 10.3 Å². The third-order valence-electron chi connectivity index (χ3n) is 3.94. The van der Waals surface area contributed by atoms with Gasteiger partial charge in [0, 0.05) is 37.2 Å². The van der Waals surface area contributed by atoms with Crippen LogP contribution in [-0.4, -0.2) is 37.7 Å². The molecule has 0 unspecified atom stereocenters. The molecule has 9 heteroatoms. The molecular formula is C19H18FN3O3S2. The van der Waals surface area contributed by atoms with Crippen LogP contribution in [0.15, 0.2) is 59.6 Å². The smallest absolute Gasteiger partial charge is 0.257 e. The Bertz CT molecular complexity index is 1090. The van der Waals surface area contributed by atoms with Gasteiger partial charge in [0.1, 0.15) is 5.82 Å². The summed E-state index contributed by atoms with van der Waals surface area (Å²) in [6, 6.07) is 12.0. The lowest BCUT2D eigenvalue weighted by atomic mass is 10.1. The number of thiazole rings is 1. The zero-order chi connectivity index (χ0) is 20.3. The van der Waals surface area contributed by atoms with Crippen molar-refractivity contribution in [2.75, 3.05) is 19.4 Å². The van der Waals surface area contributed by atoms with Gasteiger partial charge in [0.25, 0.3) is 5.91 Å². The van der Waals surface area contributed by atoms with E-state index in [-0.39, 0.29) is 16.3 Å². The summed E-state index contributed by atoms with van der Waals surface area (Å²) in [5.41, 5.74) is 1.16. The topological polar surface area (TPSA) is 79.4 Å². The number of halogens is 1. The van der Waals surface area contributed by atoms with Gasteiger partial charge < -0.3 is 0 Å². The van der Waals surface area contributed by atoms with Gasteiger partial charge in [-0.05, 0) is 35.9 Å². The molecule has 1 aromatic heterocycles. The molecule has 146 valence electrons. The Labute approximate surface area is 166 Å². The minimum absolute atomic E-state index is 0.0429. The normalized spacial score (nSPS) is 11.6. The van der Waals surface area contributed by atoms with Gasteiger partial charge in [-0.3, -0.25) is 10.1 Å². The monoisotopic (exact) mass is 419 g/mol. The van der Waals surface area contributed by atoms with Crippen molar-refractivity contribution in [2.45, 2.75) is 11.3 Å². The summed E-state index contributed by atoms with van der Waals surface area (Å²) in [5, 5.41) is 3.09. The molecule has 0 spiro atoms. The van der Waals surface area contributed by atoms with Crippen LogP contribution in [0, 0.1) is 5.82 Å². The molecule has 28 heavy (non-hydrogen) atoms. The van der Waals surface area contributed by atoms with Crippen LogP contribution in [0.2, 0.25) is 0 Å². The number of amides is 1. The highest BCUT2D eigenvalue weighted by molar-refractivity contribution is 7.89. The van der Waals surface area contributed by atoms with Crippen molar-refractivity contribution >= 4 is 32.4 Å². The maximum atomic E-state index is 13.0. The predicted octanol–water partition coefficient (Wildman–Crippen LogP) is 3.38. The van der Waals surface area contributed by atoms with E-state index in [0.29, 0.717) is 11.6 Å². The average molecular weight is 420 g/mol. The van der Waals surface area contributed by atoms with Gasteiger partial charge in [0.15, 0.2) is 5.13 Å². The molecular weight excluding hydrogens is 401 g/mol. The molecule has 0 radical (unpaired) electrons. The number of nitrogens with one attached hydrogen (secondary N) is 1. The van der Waals surface area contributed by atoms with Crippen molar-refractivity contribution in [3.05, 3.63) is 76.5 Å². The fourth-order valence-electron chi connectivity index (χ4n) is 2.43. The number of benzene rings is 2. The van der Waals surface area contributed by atoms with E-state index in [1.165, 1.54) is 61.8 Å². The van der Waals surface area contributed by atoms with Crippen LogP contribution in [0.1, 0.15) is 20.8 Å². The quantitative estimate of drug-likeness (QED) is 0.664. The Balaban J connectivity index is 1.72. The van der Waals surface area contributed by atoms with Crippen LogP contribution < -0.4 is 5.32 Å². The van der Waals surface area contributed by atoms with E-state index >= 15 is 0 Å². The molecule has 1 amide bonds. The molecule has 2 aromatic carbocycles. The first-order valence-electron chi connectivity index (χ1n) is 8.29. The van der Waals surface area contributed by atoms with E-state index in [1.54, 1.807) is 18.3 Å². The Morgan fingerprint density at radius 3 is 2.57 bits per heavy atom. The number of nitrogens with zero attached hydrogens (tertiary/aromatic N) is 2. The summed E-state index contributed by atoms with van der Waals surface area (Å²) < 4.78 is 38.5. The Morgan fingerprint density at radius 1 is 1.18 bits per heavy atom. The molecule has 1 heterocycles. The number of hydrogen-bond acceptors (Lipinski definition) is 5. The van der Waals surface area contributed by atoms with Crippen LogP contribution >= 0.6 is 11.3 Å². The summed E-state index contributed by atoms with van der Waals surface area (Å²) in [4.78, 5) is 17.6. The van der Waals surface area contributed by atoms with E-state index in [0.717, 1.165) is 14.7 Å². The first kappa shape index (κ1) is 20.1. The number of aromatic nitrogens is 1. The largest absolute Gasteiger partial charge is 0.298 e. The highest BCUT2D eigenvalue weighted by Gasteiger charge is 2.19. The molecule has 0 aliphatic carbocycles. The third-order valence-corrected chi connectivity index (χ3v) is 6.66. The zero-order valence-electron chi connectivity index (χ0n) is 15.2. The number of sulfonamides is 1. The molecule has 0 saturated carbocycles. The number of carbonyl (C=O) groups excluding carboxylic acids is 1. The van der Waals surface area contributed by atoms with Crippen LogP contribution in [0.5, 0.6) is 0 Å². The molecule has 3 rings (SSSR count). The summed E-state index contributed by atoms with van der Waals surface area (Å²) >= 11 is 1.31. The lowest BCUT2D eigenvalue weighted by Crippen LogP contribution is -2.22. The second kappa shape index (κ2) is 8.17. The zero-order valence-corrected chi connectivity index (χ0v) is 16.8. The minimum atomic E-state index is -3.63. The average Bonchev–Trinajstić information content (AvgIpc) is 3.10. The van der Waals surface area contributed by atoms with Crippen molar-refractivity contribution in [2.24, 2.45) is 0 Å². The van der Waals surface area contributed by atoms with E-state index < -0.39 is 15.9 Å². The third kappa shape index (κ3) is 4.61. The fraction of sp³-hybridized carbons (Fsp3) is 0.158. The van der Waals surface area contributed by atoms with Gasteiger partial charge in [0.2, 0.25) is 10.0 Å². The minimum Gasteiger partial charge on any atom is -0.298 e. The SMILES string of the molecule is CN(C)S(=O)(=O)c1cccc(C(=O)Nc2ncc(Cc3ccc(F)cc3)s2)c1. The number of rotatable bonds is 6. The molecule has 0 aliphatic rings. The van der Waals surface area contributed by atoms with Crippen molar-refractivity contribution < 1.29 is 17.6 Å². The Kier molecular flexibility index (Phi) is 5.87. The molecule has 0 atom stereocenters. The Morgan fingerprint density at radius 2 is 1.89 bits per heavy atom. The fourth-order valence-corrected chi connectivity index (χ4v) is 4.22. The maximum absolute atomic E-state index is 13.0. The second-order valence-electron chi connectivity index (χ2n) is 6.20. The Hall–Kier alpha value is -2.62. The summed E-state index contributed by atoms with van der Waals surface area (Å²) in [6.45, 7) is 0. The van der Waals surface area contributed by atoms with Crippen molar-refractivity contribution in [1.29, 1.82) is 0 Å². The summed E-state index contributed by atoms with van der Waals surface area (Å²) in [5.74, 6) is -0.738. The van der Waals surface area contributed by atoms with Gasteiger partial charge in [-0.2, -0.15) is 0 Å². The summed E-state index contributed by atoms with van der Waals surface area (Å²) in [6.07, 6.45) is 2.22. The van der Waals surface area contributed by atoms with E-state index in [9.17, 15) is 17.6 Å². The van der Waals surface area contributed by atoms with E-state index in [1.807, 2.05) is 0 Å². The lowest BCUT2D eigenvalue weighted by molar-refractivity contribution is 0.102. The number of anilines is 1. The molecule has 3 aromatic rings. The van der Waals surface area contributed by atoms with Gasteiger partial charge in [-0.1, -0.05) is 18.2 Å². The number of hydrogen-bond donors (Lipinski definition) is 1. The first-order chi connectivity index (χ1) is 13.3. The molecule has 6 nitrogen and oxygen atoms in total. The van der Waals surface area contributed by atoms with Gasteiger partial charge in [0.05, 0.1) is 4.90 Å². The van der Waals surface area contributed by atoms with Crippen LogP contribution in [-0.2, 0) is 16.4 Å². The van der Waals surface area contributed by atoms with Gasteiger partial charge >= 0.3 is 0 Å². The van der Waals surface area contributed by atoms with Crippen molar-refractivity contribution in [1.82, 2.24) is 9.29 Å². The summed E-state index contributed by atoms with van der Waals surface area (Å²) in [7, 11) is -0.764. The maximum Gasteiger partial charge on any atom is 0.257 e. The van der Waals surface area contributed by atoms with Crippen LogP contribution in [0.4, 0.5) is 9.52 Å². The lowest BCUT2D eigenvalue weighted by Gasteiger charge is -2.12. The molecule has 0 saturated heterocycles. The standard InChI is InChI=1S/C19H18FN3O3S2/c1-23(2)28(25,26)17-5-3-4-14(11-17)18(24)22-19-21-12-16(27-19)10-13-6-8-15(20)9-7-13/h3-9,11-12H,10H2,1-2H3,(H,21,22,24). The van der Waals surface area contributed by atoms with Crippen molar-refractivity contribution in [3.63, 3.8) is 0 Å². The highest BCUT2D eigenvalue weighted by atomic mass is 32.2. The second-order valence-corrected chi connectivity index (χ2v) is 9.47. The predicted molar refractivity (Wildman–Crippen MR) is 107 cm³/mol. The van der Waals surface area contributed by atoms with Crippen LogP contribution in [0.25, 0.3) is 0 Å². The van der Waals surface area contributed by atoms with Gasteiger partial charge in [-0.15, -0.1) is 11.3 Å².